The lowest BCUT2D eigenvalue weighted by molar-refractivity contribution is 0.621. The smallest absolute Gasteiger partial charge is 0.123 e. The van der Waals surface area contributed by atoms with Gasteiger partial charge >= 0.3 is 0 Å². The molecule has 0 saturated heterocycles. The van der Waals surface area contributed by atoms with E-state index >= 15 is 0 Å². The molecule has 0 saturated carbocycles. The fraction of sp³-hybridized carbons (Fsp3) is 0.538. The molecule has 78 valence electrons. The Hall–Kier alpha value is -0.850. The highest BCUT2D eigenvalue weighted by atomic mass is 19.1. The second-order valence-corrected chi connectivity index (χ2v) is 3.66. The predicted octanol–water partition coefficient (Wildman–Crippen LogP) is 3.90. The third kappa shape index (κ3) is 2.34. The summed E-state index contributed by atoms with van der Waals surface area (Å²) in [4.78, 5) is 0. The summed E-state index contributed by atoms with van der Waals surface area (Å²) in [5.41, 5.74) is 3.74. The summed E-state index contributed by atoms with van der Waals surface area (Å²) < 4.78 is 13.2. The van der Waals surface area contributed by atoms with Crippen molar-refractivity contribution in [3.05, 3.63) is 34.6 Å². The third-order valence-corrected chi connectivity index (χ3v) is 2.66. The van der Waals surface area contributed by atoms with Gasteiger partial charge in [0.05, 0.1) is 0 Å². The SMILES string of the molecule is CCCc1c(CC)cc(F)cc1CC. The highest BCUT2D eigenvalue weighted by molar-refractivity contribution is 5.36. The second kappa shape index (κ2) is 5.14. The fourth-order valence-corrected chi connectivity index (χ4v) is 1.96. The van der Waals surface area contributed by atoms with Gasteiger partial charge in [0.25, 0.3) is 0 Å². The first-order valence-electron chi connectivity index (χ1n) is 5.53. The molecule has 0 aliphatic rings. The average molecular weight is 194 g/mol. The van der Waals surface area contributed by atoms with Crippen LogP contribution in [0.5, 0.6) is 0 Å². The van der Waals surface area contributed by atoms with Crippen LogP contribution in [0.25, 0.3) is 0 Å². The molecule has 0 aliphatic heterocycles. The van der Waals surface area contributed by atoms with Crippen molar-refractivity contribution in [1.82, 2.24) is 0 Å². The minimum Gasteiger partial charge on any atom is -0.207 e. The Morgan fingerprint density at radius 1 is 1.00 bits per heavy atom. The van der Waals surface area contributed by atoms with Crippen molar-refractivity contribution in [2.45, 2.75) is 46.5 Å². The maximum Gasteiger partial charge on any atom is 0.123 e. The lowest BCUT2D eigenvalue weighted by Crippen LogP contribution is -2.00. The Morgan fingerprint density at radius 2 is 1.50 bits per heavy atom. The summed E-state index contributed by atoms with van der Waals surface area (Å²) in [5, 5.41) is 0. The van der Waals surface area contributed by atoms with Crippen molar-refractivity contribution in [1.29, 1.82) is 0 Å². The van der Waals surface area contributed by atoms with Gasteiger partial charge in [0.15, 0.2) is 0 Å². The molecular weight excluding hydrogens is 175 g/mol. The predicted molar refractivity (Wildman–Crippen MR) is 59.2 cm³/mol. The average Bonchev–Trinajstić information content (AvgIpc) is 2.20. The molecule has 0 aliphatic carbocycles. The van der Waals surface area contributed by atoms with Gasteiger partial charge in [-0.05, 0) is 48.1 Å². The standard InChI is InChI=1S/C13H19F/c1-4-7-13-10(5-2)8-12(14)9-11(13)6-3/h8-9H,4-7H2,1-3H3. The van der Waals surface area contributed by atoms with Crippen molar-refractivity contribution >= 4 is 0 Å². The van der Waals surface area contributed by atoms with E-state index in [1.807, 2.05) is 0 Å². The summed E-state index contributed by atoms with van der Waals surface area (Å²) in [6.45, 7) is 6.35. The minimum atomic E-state index is -0.0847. The molecule has 0 amide bonds. The van der Waals surface area contributed by atoms with Gasteiger partial charge in [-0.25, -0.2) is 4.39 Å². The third-order valence-electron chi connectivity index (χ3n) is 2.66. The molecule has 14 heavy (non-hydrogen) atoms. The molecule has 1 rings (SSSR count). The van der Waals surface area contributed by atoms with Crippen molar-refractivity contribution in [3.8, 4) is 0 Å². The zero-order valence-corrected chi connectivity index (χ0v) is 9.36. The number of rotatable bonds is 4. The molecule has 1 aromatic carbocycles. The summed E-state index contributed by atoms with van der Waals surface area (Å²) in [6, 6.07) is 3.37. The highest BCUT2D eigenvalue weighted by Gasteiger charge is 2.07. The van der Waals surface area contributed by atoms with Crippen LogP contribution in [0.15, 0.2) is 12.1 Å². The first kappa shape index (κ1) is 11.2. The second-order valence-electron chi connectivity index (χ2n) is 3.66. The van der Waals surface area contributed by atoms with Gasteiger partial charge < -0.3 is 0 Å². The molecule has 0 spiro atoms. The van der Waals surface area contributed by atoms with E-state index in [0.29, 0.717) is 0 Å². The fourth-order valence-electron chi connectivity index (χ4n) is 1.96. The summed E-state index contributed by atoms with van der Waals surface area (Å²) >= 11 is 0. The lowest BCUT2D eigenvalue weighted by Gasteiger charge is -2.12. The van der Waals surface area contributed by atoms with E-state index in [2.05, 4.69) is 20.8 Å². The van der Waals surface area contributed by atoms with Crippen LogP contribution >= 0.6 is 0 Å². The maximum atomic E-state index is 13.2. The van der Waals surface area contributed by atoms with Crippen LogP contribution in [0.1, 0.15) is 43.9 Å². The van der Waals surface area contributed by atoms with E-state index in [9.17, 15) is 4.39 Å². The van der Waals surface area contributed by atoms with Gasteiger partial charge in [0, 0.05) is 0 Å². The van der Waals surface area contributed by atoms with Crippen LogP contribution in [0.2, 0.25) is 0 Å². The molecule has 0 heterocycles. The quantitative estimate of drug-likeness (QED) is 0.682. The molecule has 0 bridgehead atoms. The zero-order chi connectivity index (χ0) is 10.6. The Morgan fingerprint density at radius 3 is 1.86 bits per heavy atom. The molecule has 1 aromatic rings. The molecule has 0 nitrogen and oxygen atoms in total. The summed E-state index contributed by atoms with van der Waals surface area (Å²) in [7, 11) is 0. The number of hydrogen-bond donors (Lipinski definition) is 0. The molecule has 1 heteroatoms. The minimum absolute atomic E-state index is 0.0847. The number of aryl methyl sites for hydroxylation is 2. The Labute approximate surface area is 86.2 Å². The Kier molecular flexibility index (Phi) is 4.12. The van der Waals surface area contributed by atoms with Crippen LogP contribution in [0, 0.1) is 5.82 Å². The van der Waals surface area contributed by atoms with E-state index in [1.54, 1.807) is 12.1 Å². The Bertz CT molecular complexity index is 277. The van der Waals surface area contributed by atoms with E-state index < -0.39 is 0 Å². The van der Waals surface area contributed by atoms with Crippen LogP contribution < -0.4 is 0 Å². The van der Waals surface area contributed by atoms with Gasteiger partial charge in [0.2, 0.25) is 0 Å². The zero-order valence-electron chi connectivity index (χ0n) is 9.36. The van der Waals surface area contributed by atoms with Crippen LogP contribution in [0.4, 0.5) is 4.39 Å². The highest BCUT2D eigenvalue weighted by Crippen LogP contribution is 2.20. The van der Waals surface area contributed by atoms with Gasteiger partial charge in [-0.2, -0.15) is 0 Å². The van der Waals surface area contributed by atoms with Crippen LogP contribution in [-0.4, -0.2) is 0 Å². The molecule has 0 aromatic heterocycles. The van der Waals surface area contributed by atoms with E-state index in [-0.39, 0.29) is 5.82 Å². The van der Waals surface area contributed by atoms with Crippen molar-refractivity contribution in [2.24, 2.45) is 0 Å². The molecule has 0 atom stereocenters. The van der Waals surface area contributed by atoms with E-state index in [1.165, 1.54) is 16.7 Å². The van der Waals surface area contributed by atoms with Gasteiger partial charge in [0.1, 0.15) is 5.82 Å². The molecular formula is C13H19F. The van der Waals surface area contributed by atoms with Crippen molar-refractivity contribution in [3.63, 3.8) is 0 Å². The van der Waals surface area contributed by atoms with Gasteiger partial charge in [-0.1, -0.05) is 27.2 Å². The first-order chi connectivity index (χ1) is 6.72. The number of benzene rings is 1. The first-order valence-corrected chi connectivity index (χ1v) is 5.53. The number of halogens is 1. The molecule has 0 unspecified atom stereocenters. The maximum absolute atomic E-state index is 13.2. The molecule has 0 N–H and O–H groups in total. The normalized spacial score (nSPS) is 10.6. The molecule has 0 fully saturated rings. The number of hydrogen-bond acceptors (Lipinski definition) is 0. The van der Waals surface area contributed by atoms with Gasteiger partial charge in [-0.15, -0.1) is 0 Å². The topological polar surface area (TPSA) is 0 Å². The lowest BCUT2D eigenvalue weighted by atomic mass is 9.94. The van der Waals surface area contributed by atoms with E-state index in [0.717, 1.165) is 25.7 Å². The molecule has 0 radical (unpaired) electrons. The van der Waals surface area contributed by atoms with Gasteiger partial charge in [-0.3, -0.25) is 0 Å². The van der Waals surface area contributed by atoms with Crippen molar-refractivity contribution in [2.75, 3.05) is 0 Å². The summed E-state index contributed by atoms with van der Waals surface area (Å²) in [5.74, 6) is -0.0847. The van der Waals surface area contributed by atoms with E-state index in [4.69, 9.17) is 0 Å². The van der Waals surface area contributed by atoms with Crippen LogP contribution in [0.3, 0.4) is 0 Å². The van der Waals surface area contributed by atoms with Crippen molar-refractivity contribution < 1.29 is 4.39 Å². The van der Waals surface area contributed by atoms with Crippen LogP contribution in [-0.2, 0) is 19.3 Å². The Balaban J connectivity index is 3.18. The monoisotopic (exact) mass is 194 g/mol. The summed E-state index contributed by atoms with van der Waals surface area (Å²) in [6.07, 6.45) is 4.07. The largest absolute Gasteiger partial charge is 0.207 e.